The number of esters is 1. The van der Waals surface area contributed by atoms with Crippen molar-refractivity contribution in [3.63, 3.8) is 0 Å². The number of urea groups is 1. The lowest BCUT2D eigenvalue weighted by molar-refractivity contribution is -0.119. The highest BCUT2D eigenvalue weighted by atomic mass is 16.5. The average molecular weight is 323 g/mol. The lowest BCUT2D eigenvalue weighted by Gasteiger charge is -2.13. The third kappa shape index (κ3) is 5.85. The Morgan fingerprint density at radius 3 is 2.61 bits per heavy atom. The second kappa shape index (κ2) is 8.62. The van der Waals surface area contributed by atoms with Crippen LogP contribution in [-0.2, 0) is 9.53 Å². The smallest absolute Gasteiger partial charge is 0.341 e. The van der Waals surface area contributed by atoms with Crippen molar-refractivity contribution < 1.29 is 24.2 Å². The first-order chi connectivity index (χ1) is 10.8. The van der Waals surface area contributed by atoms with E-state index in [0.717, 1.165) is 0 Å². The number of nitrogens with one attached hydrogen (secondary N) is 2. The molecule has 1 atom stereocenters. The maximum absolute atomic E-state index is 12.0. The summed E-state index contributed by atoms with van der Waals surface area (Å²) in [6.07, 6.45) is 1.18. The van der Waals surface area contributed by atoms with Crippen LogP contribution >= 0.6 is 0 Å². The fraction of sp³-hybridized carbons (Fsp3) is 0.400. The van der Waals surface area contributed by atoms with Crippen molar-refractivity contribution in [2.45, 2.75) is 19.8 Å². The predicted octanol–water partition coefficient (Wildman–Crippen LogP) is 1.20. The molecule has 1 aromatic rings. The predicted molar refractivity (Wildman–Crippen MR) is 84.1 cm³/mol. The SMILES string of the molecule is COC(=O)c1ccc(NC(=O)[C@@H](C)CCCNC(N)=O)cc1O. The van der Waals surface area contributed by atoms with Gasteiger partial charge in [0.25, 0.3) is 0 Å². The van der Waals surface area contributed by atoms with Crippen molar-refractivity contribution in [3.8, 4) is 5.75 Å². The van der Waals surface area contributed by atoms with E-state index in [1.165, 1.54) is 25.3 Å². The summed E-state index contributed by atoms with van der Waals surface area (Å²) in [4.78, 5) is 33.9. The lowest BCUT2D eigenvalue weighted by atomic mass is 10.0. The number of hydrogen-bond donors (Lipinski definition) is 4. The molecule has 0 bridgehead atoms. The van der Waals surface area contributed by atoms with Gasteiger partial charge in [-0.3, -0.25) is 4.79 Å². The minimum absolute atomic E-state index is 0.0241. The summed E-state index contributed by atoms with van der Waals surface area (Å²) in [5, 5.41) is 14.9. The molecule has 0 fully saturated rings. The Hall–Kier alpha value is -2.77. The number of hydrogen-bond acceptors (Lipinski definition) is 5. The van der Waals surface area contributed by atoms with E-state index in [2.05, 4.69) is 15.4 Å². The number of carbonyl (C=O) groups excluding carboxylic acids is 3. The fourth-order valence-electron chi connectivity index (χ4n) is 1.91. The van der Waals surface area contributed by atoms with Crippen molar-refractivity contribution in [2.75, 3.05) is 19.0 Å². The van der Waals surface area contributed by atoms with E-state index in [-0.39, 0.29) is 23.1 Å². The Morgan fingerprint density at radius 1 is 1.35 bits per heavy atom. The Morgan fingerprint density at radius 2 is 2.04 bits per heavy atom. The Balaban J connectivity index is 2.55. The van der Waals surface area contributed by atoms with Crippen LogP contribution in [0.15, 0.2) is 18.2 Å². The number of nitrogens with two attached hydrogens (primary N) is 1. The molecular weight excluding hydrogens is 302 g/mol. The van der Waals surface area contributed by atoms with Crippen LogP contribution in [0, 0.1) is 5.92 Å². The molecule has 0 heterocycles. The molecule has 0 saturated heterocycles. The average Bonchev–Trinajstić information content (AvgIpc) is 2.50. The molecule has 126 valence electrons. The molecule has 0 spiro atoms. The summed E-state index contributed by atoms with van der Waals surface area (Å²) in [5.74, 6) is -1.44. The van der Waals surface area contributed by atoms with Gasteiger partial charge in [-0.25, -0.2) is 9.59 Å². The number of phenols is 1. The maximum Gasteiger partial charge on any atom is 0.341 e. The van der Waals surface area contributed by atoms with E-state index in [9.17, 15) is 19.5 Å². The third-order valence-corrected chi connectivity index (χ3v) is 3.23. The van der Waals surface area contributed by atoms with Gasteiger partial charge in [-0.1, -0.05) is 6.92 Å². The van der Waals surface area contributed by atoms with E-state index in [1.54, 1.807) is 6.92 Å². The van der Waals surface area contributed by atoms with Crippen LogP contribution in [0.3, 0.4) is 0 Å². The third-order valence-electron chi connectivity index (χ3n) is 3.23. The van der Waals surface area contributed by atoms with Gasteiger partial charge in [0.15, 0.2) is 0 Å². The minimum Gasteiger partial charge on any atom is -0.507 e. The summed E-state index contributed by atoms with van der Waals surface area (Å²) in [7, 11) is 1.21. The van der Waals surface area contributed by atoms with E-state index < -0.39 is 12.0 Å². The van der Waals surface area contributed by atoms with Crippen LogP contribution in [0.5, 0.6) is 5.75 Å². The normalized spacial score (nSPS) is 11.4. The second-order valence-corrected chi connectivity index (χ2v) is 5.05. The fourth-order valence-corrected chi connectivity index (χ4v) is 1.91. The molecule has 1 aromatic carbocycles. The van der Waals surface area contributed by atoms with E-state index in [4.69, 9.17) is 5.73 Å². The number of benzene rings is 1. The summed E-state index contributed by atoms with van der Waals surface area (Å²) in [5.41, 5.74) is 5.34. The van der Waals surface area contributed by atoms with Gasteiger partial charge in [0, 0.05) is 24.2 Å². The first-order valence-electron chi connectivity index (χ1n) is 7.10. The monoisotopic (exact) mass is 323 g/mol. The van der Waals surface area contributed by atoms with Gasteiger partial charge in [0.1, 0.15) is 11.3 Å². The molecule has 0 aliphatic rings. The second-order valence-electron chi connectivity index (χ2n) is 5.05. The summed E-state index contributed by atoms with van der Waals surface area (Å²) in [6.45, 7) is 2.16. The van der Waals surface area contributed by atoms with Crippen LogP contribution in [-0.4, -0.2) is 36.7 Å². The molecule has 0 aliphatic carbocycles. The standard InChI is InChI=1S/C15H21N3O5/c1-9(4-3-7-17-15(16)22)13(20)18-10-5-6-11(12(19)8-10)14(21)23-2/h5-6,8-9,19H,3-4,7H2,1-2H3,(H,18,20)(H3,16,17,22)/t9-/m0/s1. The van der Waals surface area contributed by atoms with Crippen LogP contribution in [0.25, 0.3) is 0 Å². The number of carbonyl (C=O) groups is 3. The molecule has 8 nitrogen and oxygen atoms in total. The molecule has 23 heavy (non-hydrogen) atoms. The van der Waals surface area contributed by atoms with Crippen LogP contribution < -0.4 is 16.4 Å². The Bertz CT molecular complexity index is 588. The zero-order valence-corrected chi connectivity index (χ0v) is 13.1. The number of primary amides is 1. The van der Waals surface area contributed by atoms with E-state index in [0.29, 0.717) is 25.1 Å². The van der Waals surface area contributed by atoms with Crippen molar-refractivity contribution in [2.24, 2.45) is 11.7 Å². The molecule has 8 heteroatoms. The number of methoxy groups -OCH3 is 1. The van der Waals surface area contributed by atoms with Gasteiger partial charge in [-0.2, -0.15) is 0 Å². The number of ether oxygens (including phenoxy) is 1. The Labute approximate surface area is 134 Å². The lowest BCUT2D eigenvalue weighted by Crippen LogP contribution is -2.30. The summed E-state index contributed by atoms with van der Waals surface area (Å²) < 4.78 is 4.52. The van der Waals surface area contributed by atoms with Gasteiger partial charge in [0.2, 0.25) is 5.91 Å². The molecule has 0 radical (unpaired) electrons. The minimum atomic E-state index is -0.657. The first-order valence-corrected chi connectivity index (χ1v) is 7.10. The molecule has 5 N–H and O–H groups in total. The van der Waals surface area contributed by atoms with E-state index in [1.807, 2.05) is 0 Å². The molecule has 0 aliphatic heterocycles. The number of aromatic hydroxyl groups is 1. The van der Waals surface area contributed by atoms with Crippen LogP contribution in [0.2, 0.25) is 0 Å². The number of rotatable bonds is 7. The van der Waals surface area contributed by atoms with E-state index >= 15 is 0 Å². The summed E-state index contributed by atoms with van der Waals surface area (Å²) >= 11 is 0. The molecule has 0 unspecified atom stereocenters. The van der Waals surface area contributed by atoms with Gasteiger partial charge in [0.05, 0.1) is 7.11 Å². The first kappa shape index (κ1) is 18.3. The van der Waals surface area contributed by atoms with Crippen molar-refractivity contribution in [3.05, 3.63) is 23.8 Å². The largest absolute Gasteiger partial charge is 0.507 e. The Kier molecular flexibility index (Phi) is 6.85. The highest BCUT2D eigenvalue weighted by Gasteiger charge is 2.15. The van der Waals surface area contributed by atoms with Gasteiger partial charge in [-0.05, 0) is 25.0 Å². The molecular formula is C15H21N3O5. The zero-order valence-electron chi connectivity index (χ0n) is 13.1. The molecule has 0 aromatic heterocycles. The molecule has 0 saturated carbocycles. The quantitative estimate of drug-likeness (QED) is 0.442. The number of phenolic OH excluding ortho intramolecular Hbond substituents is 1. The number of amides is 3. The van der Waals surface area contributed by atoms with Gasteiger partial charge in [-0.15, -0.1) is 0 Å². The van der Waals surface area contributed by atoms with Gasteiger partial charge < -0.3 is 26.2 Å². The highest BCUT2D eigenvalue weighted by Crippen LogP contribution is 2.23. The van der Waals surface area contributed by atoms with Crippen molar-refractivity contribution in [1.82, 2.24) is 5.32 Å². The molecule has 3 amide bonds. The molecule has 1 rings (SSSR count). The van der Waals surface area contributed by atoms with Gasteiger partial charge >= 0.3 is 12.0 Å². The van der Waals surface area contributed by atoms with Crippen molar-refractivity contribution in [1.29, 1.82) is 0 Å². The topological polar surface area (TPSA) is 131 Å². The van der Waals surface area contributed by atoms with Crippen molar-refractivity contribution >= 4 is 23.6 Å². The maximum atomic E-state index is 12.0. The van der Waals surface area contributed by atoms with Crippen LogP contribution in [0.4, 0.5) is 10.5 Å². The number of anilines is 1. The zero-order chi connectivity index (χ0) is 17.4. The van der Waals surface area contributed by atoms with Crippen LogP contribution in [0.1, 0.15) is 30.1 Å². The highest BCUT2D eigenvalue weighted by molar-refractivity contribution is 5.95. The summed E-state index contributed by atoms with van der Waals surface area (Å²) in [6, 6.07) is 3.57.